The number of non-ortho nitro benzene ring substituents is 1. The van der Waals surface area contributed by atoms with Gasteiger partial charge in [0.15, 0.2) is 0 Å². The molecule has 0 atom stereocenters. The Kier molecular flexibility index (Phi) is 5.80. The van der Waals surface area contributed by atoms with Crippen LogP contribution in [0.1, 0.15) is 16.3 Å². The van der Waals surface area contributed by atoms with E-state index in [2.05, 4.69) is 15.3 Å². The van der Waals surface area contributed by atoms with Crippen molar-refractivity contribution in [3.8, 4) is 5.75 Å². The number of hydrogen-bond acceptors (Lipinski definition) is 8. The number of rotatable bonds is 6. The van der Waals surface area contributed by atoms with E-state index in [-0.39, 0.29) is 23.0 Å². The molecule has 146 valence electrons. The van der Waals surface area contributed by atoms with E-state index in [1.807, 2.05) is 20.8 Å². The van der Waals surface area contributed by atoms with Crippen LogP contribution in [0.15, 0.2) is 23.2 Å². The fourth-order valence-electron chi connectivity index (χ4n) is 2.65. The summed E-state index contributed by atoms with van der Waals surface area (Å²) in [6, 6.07) is 4.06. The largest absolute Gasteiger partial charge is 0.495 e. The van der Waals surface area contributed by atoms with Crippen molar-refractivity contribution in [1.82, 2.24) is 9.97 Å². The average molecular weight is 419 g/mol. The maximum Gasteiger partial charge on any atom is 0.271 e. The van der Waals surface area contributed by atoms with Crippen LogP contribution in [0.5, 0.6) is 5.75 Å². The highest BCUT2D eigenvalue weighted by Gasteiger charge is 2.17. The molecule has 0 aliphatic rings. The number of nitrogens with one attached hydrogen (secondary N) is 1. The molecule has 2 heterocycles. The minimum absolute atomic E-state index is 0.103. The summed E-state index contributed by atoms with van der Waals surface area (Å²) < 4.78 is 5.17. The Labute approximate surface area is 169 Å². The predicted octanol–water partition coefficient (Wildman–Crippen LogP) is 4.26. The molecular weight excluding hydrogens is 400 g/mol. The maximum absolute atomic E-state index is 12.4. The number of nitro groups is 1. The van der Waals surface area contributed by atoms with Gasteiger partial charge in [0.1, 0.15) is 21.4 Å². The molecule has 0 spiro atoms. The number of fused-ring (bicyclic) bond motifs is 1. The molecule has 0 radical (unpaired) electrons. The molecule has 0 aliphatic carbocycles. The number of ether oxygens (including phenoxy) is 1. The zero-order valence-corrected chi connectivity index (χ0v) is 17.4. The van der Waals surface area contributed by atoms with Crippen molar-refractivity contribution in [1.29, 1.82) is 0 Å². The number of aromatic nitrogens is 2. The monoisotopic (exact) mass is 418 g/mol. The van der Waals surface area contributed by atoms with Gasteiger partial charge in [-0.3, -0.25) is 14.9 Å². The number of nitro benzene ring substituents is 1. The average Bonchev–Trinajstić information content (AvgIpc) is 2.93. The number of anilines is 1. The minimum atomic E-state index is -0.522. The van der Waals surface area contributed by atoms with Gasteiger partial charge in [0.25, 0.3) is 5.69 Å². The van der Waals surface area contributed by atoms with Gasteiger partial charge in [-0.15, -0.1) is 11.3 Å². The molecule has 1 amide bonds. The van der Waals surface area contributed by atoms with Crippen molar-refractivity contribution >= 4 is 50.6 Å². The van der Waals surface area contributed by atoms with Gasteiger partial charge < -0.3 is 10.1 Å². The van der Waals surface area contributed by atoms with E-state index in [1.165, 1.54) is 41.9 Å². The first-order valence-corrected chi connectivity index (χ1v) is 10.1. The molecule has 8 nitrogen and oxygen atoms in total. The van der Waals surface area contributed by atoms with Crippen LogP contribution in [0.4, 0.5) is 11.4 Å². The molecule has 0 unspecified atom stereocenters. The quantitative estimate of drug-likeness (QED) is 0.276. The van der Waals surface area contributed by atoms with E-state index in [1.54, 1.807) is 11.3 Å². The van der Waals surface area contributed by atoms with Crippen molar-refractivity contribution in [2.45, 2.75) is 25.8 Å². The lowest BCUT2D eigenvalue weighted by atomic mass is 10.2. The van der Waals surface area contributed by atoms with Gasteiger partial charge >= 0.3 is 0 Å². The molecule has 3 rings (SSSR count). The Morgan fingerprint density at radius 2 is 2.07 bits per heavy atom. The zero-order valence-electron chi connectivity index (χ0n) is 15.7. The molecule has 0 fully saturated rings. The van der Waals surface area contributed by atoms with Gasteiger partial charge in [0, 0.05) is 22.4 Å². The summed E-state index contributed by atoms with van der Waals surface area (Å²) in [5, 5.41) is 15.4. The second-order valence-electron chi connectivity index (χ2n) is 6.02. The fraction of sp³-hybridized carbons (Fsp3) is 0.278. The third kappa shape index (κ3) is 4.07. The highest BCUT2D eigenvalue weighted by atomic mass is 32.2. The van der Waals surface area contributed by atoms with Crippen molar-refractivity contribution in [2.24, 2.45) is 0 Å². The van der Waals surface area contributed by atoms with Crippen LogP contribution in [-0.2, 0) is 4.79 Å². The molecular formula is C18H18N4O4S2. The predicted molar refractivity (Wildman–Crippen MR) is 111 cm³/mol. The number of hydrogen-bond donors (Lipinski definition) is 1. The molecule has 28 heavy (non-hydrogen) atoms. The SMILES string of the molecule is COc1ccc([N+](=O)[O-])cc1NC(=O)CSc1nc(C)nc2sc(C)c(C)c12. The van der Waals surface area contributed by atoms with Gasteiger partial charge in [0.2, 0.25) is 5.91 Å². The number of methoxy groups -OCH3 is 1. The van der Waals surface area contributed by atoms with Crippen LogP contribution >= 0.6 is 23.1 Å². The van der Waals surface area contributed by atoms with Crippen molar-refractivity contribution in [3.05, 3.63) is 44.6 Å². The smallest absolute Gasteiger partial charge is 0.271 e. The molecule has 1 N–H and O–H groups in total. The van der Waals surface area contributed by atoms with Crippen LogP contribution in [0, 0.1) is 30.9 Å². The number of nitrogens with zero attached hydrogens (tertiary/aromatic N) is 3. The van der Waals surface area contributed by atoms with Crippen LogP contribution in [0.25, 0.3) is 10.2 Å². The summed E-state index contributed by atoms with van der Waals surface area (Å²) in [7, 11) is 1.44. The lowest BCUT2D eigenvalue weighted by Gasteiger charge is -2.10. The van der Waals surface area contributed by atoms with Crippen LogP contribution in [-0.4, -0.2) is 33.7 Å². The van der Waals surface area contributed by atoms with E-state index in [0.29, 0.717) is 11.6 Å². The van der Waals surface area contributed by atoms with Gasteiger partial charge in [0.05, 0.1) is 23.5 Å². The van der Waals surface area contributed by atoms with Crippen molar-refractivity contribution in [2.75, 3.05) is 18.2 Å². The Balaban J connectivity index is 1.79. The number of thiophene rings is 1. The van der Waals surface area contributed by atoms with E-state index in [0.717, 1.165) is 20.8 Å². The first-order valence-electron chi connectivity index (χ1n) is 8.29. The maximum atomic E-state index is 12.4. The van der Waals surface area contributed by atoms with Gasteiger partial charge in [-0.25, -0.2) is 9.97 Å². The Bertz CT molecular complexity index is 1080. The number of thioether (sulfide) groups is 1. The standard InChI is InChI=1S/C18H18N4O4S2/c1-9-10(2)28-18-16(9)17(19-11(3)20-18)27-8-15(23)21-13-7-12(22(24)25)5-6-14(13)26-4/h5-7H,8H2,1-4H3,(H,21,23). The van der Waals surface area contributed by atoms with Gasteiger partial charge in [-0.05, 0) is 32.4 Å². The van der Waals surface area contributed by atoms with Crippen LogP contribution in [0.2, 0.25) is 0 Å². The van der Waals surface area contributed by atoms with Crippen molar-refractivity contribution in [3.63, 3.8) is 0 Å². The Morgan fingerprint density at radius 3 is 2.75 bits per heavy atom. The van der Waals surface area contributed by atoms with E-state index < -0.39 is 4.92 Å². The summed E-state index contributed by atoms with van der Waals surface area (Å²) in [4.78, 5) is 33.9. The van der Waals surface area contributed by atoms with E-state index in [4.69, 9.17) is 4.74 Å². The highest BCUT2D eigenvalue weighted by molar-refractivity contribution is 8.00. The van der Waals surface area contributed by atoms with Gasteiger partial charge in [-0.2, -0.15) is 0 Å². The second kappa shape index (κ2) is 8.11. The molecule has 0 bridgehead atoms. The zero-order chi connectivity index (χ0) is 20.4. The number of aryl methyl sites for hydroxylation is 3. The van der Waals surface area contributed by atoms with Crippen LogP contribution < -0.4 is 10.1 Å². The third-order valence-electron chi connectivity index (χ3n) is 4.12. The van der Waals surface area contributed by atoms with Gasteiger partial charge in [-0.1, -0.05) is 11.8 Å². The van der Waals surface area contributed by atoms with Crippen LogP contribution in [0.3, 0.4) is 0 Å². The molecule has 0 saturated heterocycles. The molecule has 2 aromatic heterocycles. The Hall–Kier alpha value is -2.72. The lowest BCUT2D eigenvalue weighted by molar-refractivity contribution is -0.384. The normalized spacial score (nSPS) is 10.9. The van der Waals surface area contributed by atoms with E-state index >= 15 is 0 Å². The Morgan fingerprint density at radius 1 is 1.32 bits per heavy atom. The fourth-order valence-corrected chi connectivity index (χ4v) is 4.72. The summed E-state index contributed by atoms with van der Waals surface area (Å²) >= 11 is 2.92. The highest BCUT2D eigenvalue weighted by Crippen LogP contribution is 2.35. The molecule has 10 heteroatoms. The molecule has 3 aromatic rings. The summed E-state index contributed by atoms with van der Waals surface area (Å²) in [6.45, 7) is 5.87. The van der Waals surface area contributed by atoms with E-state index in [9.17, 15) is 14.9 Å². The minimum Gasteiger partial charge on any atom is -0.495 e. The molecule has 0 aliphatic heterocycles. The second-order valence-corrected chi connectivity index (χ2v) is 8.19. The molecule has 0 saturated carbocycles. The van der Waals surface area contributed by atoms with Crippen molar-refractivity contribution < 1.29 is 14.5 Å². The summed E-state index contributed by atoms with van der Waals surface area (Å²) in [6.07, 6.45) is 0. The summed E-state index contributed by atoms with van der Waals surface area (Å²) in [5.41, 5.74) is 1.25. The third-order valence-corrected chi connectivity index (χ3v) is 6.19. The number of benzene rings is 1. The number of carbonyl (C=O) groups is 1. The summed E-state index contributed by atoms with van der Waals surface area (Å²) in [5.74, 6) is 0.800. The number of amides is 1. The molecule has 1 aromatic carbocycles. The first-order chi connectivity index (χ1) is 13.3. The topological polar surface area (TPSA) is 107 Å². The lowest BCUT2D eigenvalue weighted by Crippen LogP contribution is -2.15. The first kappa shape index (κ1) is 20.0. The number of carbonyl (C=O) groups excluding carboxylic acids is 1.